The highest BCUT2D eigenvalue weighted by atomic mass is 16.6. The van der Waals surface area contributed by atoms with E-state index in [1.54, 1.807) is 0 Å². The number of aryl methyl sites for hydroxylation is 1. The van der Waals surface area contributed by atoms with E-state index in [-0.39, 0.29) is 5.97 Å². The smallest absolute Gasteiger partial charge is 0.342 e. The minimum Gasteiger partial charge on any atom is -0.456 e. The summed E-state index contributed by atoms with van der Waals surface area (Å²) in [5.74, 6) is 1.14. The van der Waals surface area contributed by atoms with Gasteiger partial charge in [-0.05, 0) is 62.1 Å². The second-order valence-electron chi connectivity index (χ2n) is 11.8. The van der Waals surface area contributed by atoms with E-state index < -0.39 is 5.60 Å². The second kappa shape index (κ2) is 10.9. The Balaban J connectivity index is 1.54. The molecule has 1 aliphatic carbocycles. The number of fused-ring (bicyclic) bond motifs is 6. The van der Waals surface area contributed by atoms with Gasteiger partial charge in [0.2, 0.25) is 0 Å². The SMILES string of the molecule is CCCCN(c1cc(C)c(Nc2ccccc2)c2c1C(=O)OC21c2ccccc2Oc2ccccc21)C1CCCCC1. The third kappa shape index (κ3) is 4.25. The van der Waals surface area contributed by atoms with Gasteiger partial charge in [-0.25, -0.2) is 4.79 Å². The van der Waals surface area contributed by atoms with E-state index in [2.05, 4.69) is 42.3 Å². The molecule has 0 atom stereocenters. The van der Waals surface area contributed by atoms with Crippen LogP contribution < -0.4 is 15.0 Å². The minimum atomic E-state index is -1.14. The van der Waals surface area contributed by atoms with Crippen LogP contribution in [0.4, 0.5) is 17.1 Å². The first-order valence-electron chi connectivity index (χ1n) is 15.5. The van der Waals surface area contributed by atoms with Crippen LogP contribution in [0.25, 0.3) is 0 Å². The molecule has 1 N–H and O–H groups in total. The van der Waals surface area contributed by atoms with Gasteiger partial charge in [0.15, 0.2) is 5.60 Å². The van der Waals surface area contributed by atoms with Gasteiger partial charge in [0.05, 0.1) is 16.9 Å². The molecule has 214 valence electrons. The van der Waals surface area contributed by atoms with E-state index in [1.165, 1.54) is 19.3 Å². The maximum atomic E-state index is 14.4. The quantitative estimate of drug-likeness (QED) is 0.229. The number of ether oxygens (including phenoxy) is 2. The first kappa shape index (κ1) is 26.6. The average molecular weight is 559 g/mol. The first-order valence-corrected chi connectivity index (χ1v) is 15.5. The Kier molecular flexibility index (Phi) is 6.89. The third-order valence-electron chi connectivity index (χ3n) is 9.18. The van der Waals surface area contributed by atoms with Gasteiger partial charge in [-0.1, -0.05) is 87.2 Å². The monoisotopic (exact) mass is 558 g/mol. The van der Waals surface area contributed by atoms with Crippen molar-refractivity contribution >= 4 is 23.0 Å². The number of hydrogen-bond acceptors (Lipinski definition) is 5. The van der Waals surface area contributed by atoms with Gasteiger partial charge in [-0.15, -0.1) is 0 Å². The molecule has 1 saturated carbocycles. The molecule has 3 aliphatic rings. The van der Waals surface area contributed by atoms with Crippen molar-refractivity contribution in [3.63, 3.8) is 0 Å². The van der Waals surface area contributed by atoms with Crippen molar-refractivity contribution < 1.29 is 14.3 Å². The van der Waals surface area contributed by atoms with Crippen LogP contribution in [0, 0.1) is 6.92 Å². The average Bonchev–Trinajstić information content (AvgIpc) is 3.33. The number of benzene rings is 4. The molecule has 0 bridgehead atoms. The van der Waals surface area contributed by atoms with Crippen molar-refractivity contribution in [3.8, 4) is 11.5 Å². The summed E-state index contributed by atoms with van der Waals surface area (Å²) < 4.78 is 13.2. The summed E-state index contributed by atoms with van der Waals surface area (Å²) in [4.78, 5) is 17.0. The summed E-state index contributed by atoms with van der Waals surface area (Å²) in [6.45, 7) is 5.32. The molecule has 0 aromatic heterocycles. The molecule has 1 spiro atoms. The van der Waals surface area contributed by atoms with Crippen LogP contribution in [0.2, 0.25) is 0 Å². The third-order valence-corrected chi connectivity index (χ3v) is 9.18. The Morgan fingerprint density at radius 2 is 1.52 bits per heavy atom. The number of carbonyl (C=O) groups is 1. The summed E-state index contributed by atoms with van der Waals surface area (Å²) in [5, 5.41) is 3.72. The van der Waals surface area contributed by atoms with Crippen molar-refractivity contribution in [2.45, 2.75) is 70.4 Å². The number of para-hydroxylation sites is 3. The maximum absolute atomic E-state index is 14.4. The molecular formula is C37H38N2O3. The van der Waals surface area contributed by atoms with Crippen LogP contribution in [0.3, 0.4) is 0 Å². The molecular weight excluding hydrogens is 520 g/mol. The van der Waals surface area contributed by atoms with Crippen molar-refractivity contribution in [1.82, 2.24) is 0 Å². The van der Waals surface area contributed by atoms with Crippen molar-refractivity contribution in [2.75, 3.05) is 16.8 Å². The van der Waals surface area contributed by atoms with Crippen molar-refractivity contribution in [3.05, 3.63) is 113 Å². The number of nitrogens with zero attached hydrogens (tertiary/aromatic N) is 1. The van der Waals surface area contributed by atoms with Crippen LogP contribution in [0.1, 0.15) is 84.5 Å². The number of nitrogens with one attached hydrogen (secondary N) is 1. The van der Waals surface area contributed by atoms with Crippen LogP contribution in [-0.4, -0.2) is 18.6 Å². The summed E-state index contributed by atoms with van der Waals surface area (Å²) in [6.07, 6.45) is 8.23. The molecule has 0 radical (unpaired) electrons. The Labute approximate surface area is 248 Å². The van der Waals surface area contributed by atoms with Crippen LogP contribution in [0.5, 0.6) is 11.5 Å². The van der Waals surface area contributed by atoms with Gasteiger partial charge >= 0.3 is 5.97 Å². The number of unbranched alkanes of at least 4 members (excludes halogenated alkanes) is 1. The molecule has 4 aromatic rings. The molecule has 5 nitrogen and oxygen atoms in total. The van der Waals surface area contributed by atoms with E-state index in [1.807, 2.05) is 66.7 Å². The zero-order valence-electron chi connectivity index (χ0n) is 24.5. The first-order chi connectivity index (χ1) is 20.6. The summed E-state index contributed by atoms with van der Waals surface area (Å²) in [6, 6.07) is 28.8. The van der Waals surface area contributed by atoms with E-state index in [0.29, 0.717) is 23.1 Å². The predicted molar refractivity (Wildman–Crippen MR) is 168 cm³/mol. The van der Waals surface area contributed by atoms with Gasteiger partial charge in [0.25, 0.3) is 0 Å². The van der Waals surface area contributed by atoms with Gasteiger partial charge in [0, 0.05) is 35.0 Å². The highest BCUT2D eigenvalue weighted by Gasteiger charge is 2.56. The molecule has 0 unspecified atom stereocenters. The minimum absolute atomic E-state index is 0.278. The van der Waals surface area contributed by atoms with Crippen LogP contribution in [0.15, 0.2) is 84.9 Å². The summed E-state index contributed by atoms with van der Waals surface area (Å²) >= 11 is 0. The van der Waals surface area contributed by atoms with Gasteiger partial charge in [-0.2, -0.15) is 0 Å². The number of carbonyl (C=O) groups excluding carboxylic acids is 1. The molecule has 4 aromatic carbocycles. The highest BCUT2D eigenvalue weighted by molar-refractivity contribution is 6.05. The largest absolute Gasteiger partial charge is 0.456 e. The van der Waals surface area contributed by atoms with E-state index in [4.69, 9.17) is 9.47 Å². The predicted octanol–water partition coefficient (Wildman–Crippen LogP) is 9.25. The zero-order chi connectivity index (χ0) is 28.7. The Morgan fingerprint density at radius 1 is 0.881 bits per heavy atom. The Morgan fingerprint density at radius 3 is 2.19 bits per heavy atom. The van der Waals surface area contributed by atoms with E-state index in [9.17, 15) is 4.79 Å². The fourth-order valence-corrected chi connectivity index (χ4v) is 7.21. The fourth-order valence-electron chi connectivity index (χ4n) is 7.21. The Bertz CT molecular complexity index is 1580. The van der Waals surface area contributed by atoms with Gasteiger partial charge in [0.1, 0.15) is 11.5 Å². The van der Waals surface area contributed by atoms with E-state index >= 15 is 0 Å². The van der Waals surface area contributed by atoms with Crippen LogP contribution >= 0.6 is 0 Å². The molecule has 1 fully saturated rings. The van der Waals surface area contributed by atoms with Gasteiger partial charge in [-0.3, -0.25) is 0 Å². The maximum Gasteiger partial charge on any atom is 0.342 e. The Hall–Kier alpha value is -4.25. The van der Waals surface area contributed by atoms with Crippen molar-refractivity contribution in [1.29, 1.82) is 0 Å². The molecule has 42 heavy (non-hydrogen) atoms. The number of rotatable bonds is 7. The number of hydrogen-bond donors (Lipinski definition) is 1. The number of anilines is 3. The molecule has 7 rings (SSSR count). The lowest BCUT2D eigenvalue weighted by Gasteiger charge is -2.39. The van der Waals surface area contributed by atoms with E-state index in [0.717, 1.165) is 71.5 Å². The fraction of sp³-hybridized carbons (Fsp3) is 0.324. The lowest BCUT2D eigenvalue weighted by molar-refractivity contribution is 0.0226. The molecule has 0 amide bonds. The second-order valence-corrected chi connectivity index (χ2v) is 11.8. The van der Waals surface area contributed by atoms with Gasteiger partial charge < -0.3 is 19.7 Å². The van der Waals surface area contributed by atoms with Crippen molar-refractivity contribution in [2.24, 2.45) is 0 Å². The molecule has 2 aliphatic heterocycles. The van der Waals surface area contributed by atoms with Crippen LogP contribution in [-0.2, 0) is 10.3 Å². The summed E-state index contributed by atoms with van der Waals surface area (Å²) in [5.41, 5.74) is 6.08. The normalized spacial score (nSPS) is 16.7. The molecule has 5 heteroatoms. The molecule has 0 saturated heterocycles. The topological polar surface area (TPSA) is 50.8 Å². The zero-order valence-corrected chi connectivity index (χ0v) is 24.5. The lowest BCUT2D eigenvalue weighted by atomic mass is 9.75. The lowest BCUT2D eigenvalue weighted by Crippen LogP contribution is -2.38. The molecule has 2 heterocycles. The standard InChI is InChI=1S/C37H38N2O3/c1-3-4-23-39(27-17-9-6-10-18-27)30-24-25(2)35(38-26-15-7-5-8-16-26)34-33(30)36(40)42-37(34)28-19-11-13-21-31(28)41-32-22-14-12-20-29(32)37/h5,7-8,11-16,19-22,24,27,38H,3-4,6,9-10,17-18,23H2,1-2H3. The number of esters is 1. The highest BCUT2D eigenvalue weighted by Crippen LogP contribution is 2.60. The summed E-state index contributed by atoms with van der Waals surface area (Å²) in [7, 11) is 0.